The first-order valence-corrected chi connectivity index (χ1v) is 9.74. The molecule has 29 heavy (non-hydrogen) atoms. The summed E-state index contributed by atoms with van der Waals surface area (Å²) in [4.78, 5) is 38.4. The minimum atomic E-state index is -0.348. The number of carbonyl (C=O) groups is 3. The molecule has 0 saturated heterocycles. The first-order chi connectivity index (χ1) is 14.0. The third-order valence-electron chi connectivity index (χ3n) is 4.62. The lowest BCUT2D eigenvalue weighted by atomic mass is 10.1. The zero-order chi connectivity index (χ0) is 21.2. The van der Waals surface area contributed by atoms with Crippen LogP contribution >= 0.6 is 0 Å². The first-order valence-electron chi connectivity index (χ1n) is 9.74. The van der Waals surface area contributed by atoms with Gasteiger partial charge >= 0.3 is 0 Å². The normalized spacial score (nSPS) is 10.6. The number of hydrogen-bond acceptors (Lipinski definition) is 5. The number of hydrogen-bond donors (Lipinski definition) is 3. The molecule has 0 aliphatic carbocycles. The molecule has 0 fully saturated rings. The maximum Gasteiger partial charge on any atom is 0.255 e. The summed E-state index contributed by atoms with van der Waals surface area (Å²) in [6, 6.07) is 11.1. The SMILES string of the molecule is CCN(CC)CCCNC(=O)c1cc(C=O)cc(NC(=O)c2ccc(N)cc2)c1. The Balaban J connectivity index is 2.03. The number of carbonyl (C=O) groups excluding carboxylic acids is 3. The van der Waals surface area contributed by atoms with E-state index in [0.29, 0.717) is 40.9 Å². The molecule has 7 heteroatoms. The van der Waals surface area contributed by atoms with Gasteiger partial charge in [0.15, 0.2) is 0 Å². The Morgan fingerprint density at radius 2 is 1.69 bits per heavy atom. The third-order valence-corrected chi connectivity index (χ3v) is 4.62. The van der Waals surface area contributed by atoms with Crippen molar-refractivity contribution in [3.8, 4) is 0 Å². The van der Waals surface area contributed by atoms with E-state index < -0.39 is 0 Å². The first kappa shape index (κ1) is 22.1. The summed E-state index contributed by atoms with van der Waals surface area (Å²) < 4.78 is 0. The van der Waals surface area contributed by atoms with Crippen molar-refractivity contribution < 1.29 is 14.4 Å². The van der Waals surface area contributed by atoms with Crippen LogP contribution in [0.25, 0.3) is 0 Å². The second kappa shape index (κ2) is 11.0. The zero-order valence-corrected chi connectivity index (χ0v) is 16.9. The lowest BCUT2D eigenvalue weighted by Crippen LogP contribution is -2.30. The van der Waals surface area contributed by atoms with Gasteiger partial charge in [-0.3, -0.25) is 14.4 Å². The van der Waals surface area contributed by atoms with E-state index in [1.807, 2.05) is 0 Å². The van der Waals surface area contributed by atoms with Gasteiger partial charge in [-0.15, -0.1) is 0 Å². The van der Waals surface area contributed by atoms with Crippen molar-refractivity contribution in [2.75, 3.05) is 37.2 Å². The molecule has 0 heterocycles. The zero-order valence-electron chi connectivity index (χ0n) is 16.9. The number of nitrogens with two attached hydrogens (primary N) is 1. The van der Waals surface area contributed by atoms with E-state index in [4.69, 9.17) is 5.73 Å². The van der Waals surface area contributed by atoms with Crippen LogP contribution in [0.15, 0.2) is 42.5 Å². The second-order valence-electron chi connectivity index (χ2n) is 6.67. The molecular formula is C22H28N4O3. The number of nitrogens with one attached hydrogen (secondary N) is 2. The molecule has 0 saturated carbocycles. The molecule has 2 aromatic rings. The highest BCUT2D eigenvalue weighted by molar-refractivity contribution is 6.06. The van der Waals surface area contributed by atoms with Gasteiger partial charge in [-0.1, -0.05) is 13.8 Å². The Kier molecular flexibility index (Phi) is 8.36. The average Bonchev–Trinajstić information content (AvgIpc) is 2.73. The number of rotatable bonds is 10. The number of anilines is 2. The monoisotopic (exact) mass is 396 g/mol. The van der Waals surface area contributed by atoms with Gasteiger partial charge in [0, 0.05) is 34.6 Å². The number of benzene rings is 2. The molecule has 2 rings (SSSR count). The van der Waals surface area contributed by atoms with E-state index in [1.165, 1.54) is 12.1 Å². The maximum atomic E-state index is 12.5. The molecule has 4 N–H and O–H groups in total. The summed E-state index contributed by atoms with van der Waals surface area (Å²) in [5.74, 6) is -0.630. The summed E-state index contributed by atoms with van der Waals surface area (Å²) in [6.45, 7) is 7.60. The van der Waals surface area contributed by atoms with Gasteiger partial charge < -0.3 is 21.3 Å². The van der Waals surface area contributed by atoms with Gasteiger partial charge in [0.25, 0.3) is 11.8 Å². The lowest BCUT2D eigenvalue weighted by Gasteiger charge is -2.17. The van der Waals surface area contributed by atoms with Gasteiger partial charge in [0.2, 0.25) is 0 Å². The van der Waals surface area contributed by atoms with Crippen molar-refractivity contribution in [3.63, 3.8) is 0 Å². The largest absolute Gasteiger partial charge is 0.399 e. The van der Waals surface area contributed by atoms with Gasteiger partial charge in [0.05, 0.1) is 0 Å². The standard InChI is InChI=1S/C22H28N4O3/c1-3-26(4-2)11-5-10-24-21(28)18-12-16(15-27)13-20(14-18)25-22(29)17-6-8-19(23)9-7-17/h6-9,12-15H,3-5,10-11,23H2,1-2H3,(H,24,28)(H,25,29). The van der Waals surface area contributed by atoms with E-state index in [2.05, 4.69) is 29.4 Å². The van der Waals surface area contributed by atoms with Gasteiger partial charge in [-0.2, -0.15) is 0 Å². The van der Waals surface area contributed by atoms with E-state index in [0.717, 1.165) is 26.1 Å². The Morgan fingerprint density at radius 1 is 1.00 bits per heavy atom. The molecule has 0 aliphatic heterocycles. The smallest absolute Gasteiger partial charge is 0.255 e. The van der Waals surface area contributed by atoms with Gasteiger partial charge in [-0.25, -0.2) is 0 Å². The van der Waals surface area contributed by atoms with Crippen LogP contribution in [0.5, 0.6) is 0 Å². The summed E-state index contributed by atoms with van der Waals surface area (Å²) in [6.07, 6.45) is 1.48. The minimum Gasteiger partial charge on any atom is -0.399 e. The molecule has 2 aromatic carbocycles. The van der Waals surface area contributed by atoms with Crippen molar-refractivity contribution >= 4 is 29.5 Å². The molecule has 154 valence electrons. The quantitative estimate of drug-likeness (QED) is 0.325. The summed E-state index contributed by atoms with van der Waals surface area (Å²) in [7, 11) is 0. The number of amides is 2. The summed E-state index contributed by atoms with van der Waals surface area (Å²) in [5.41, 5.74) is 7.64. The summed E-state index contributed by atoms with van der Waals surface area (Å²) >= 11 is 0. The Bertz CT molecular complexity index is 846. The van der Waals surface area contributed by atoms with Crippen molar-refractivity contribution in [1.82, 2.24) is 10.2 Å². The molecule has 0 aromatic heterocycles. The summed E-state index contributed by atoms with van der Waals surface area (Å²) in [5, 5.41) is 5.58. The molecule has 0 unspecified atom stereocenters. The molecule has 0 spiro atoms. The maximum absolute atomic E-state index is 12.5. The molecular weight excluding hydrogens is 368 g/mol. The molecule has 0 aliphatic rings. The van der Waals surface area contributed by atoms with Crippen LogP contribution in [0, 0.1) is 0 Å². The van der Waals surface area contributed by atoms with Crippen LogP contribution in [0.1, 0.15) is 51.3 Å². The highest BCUT2D eigenvalue weighted by Crippen LogP contribution is 2.16. The van der Waals surface area contributed by atoms with E-state index >= 15 is 0 Å². The predicted molar refractivity (Wildman–Crippen MR) is 115 cm³/mol. The van der Waals surface area contributed by atoms with Crippen molar-refractivity contribution in [3.05, 3.63) is 59.2 Å². The Labute approximate surface area is 171 Å². The van der Waals surface area contributed by atoms with Crippen LogP contribution in [-0.4, -0.2) is 49.2 Å². The Hall–Kier alpha value is -3.19. The van der Waals surface area contributed by atoms with Crippen LogP contribution in [0.2, 0.25) is 0 Å². The minimum absolute atomic E-state index is 0.281. The van der Waals surface area contributed by atoms with Crippen molar-refractivity contribution in [2.24, 2.45) is 0 Å². The van der Waals surface area contributed by atoms with E-state index in [9.17, 15) is 14.4 Å². The Morgan fingerprint density at radius 3 is 2.31 bits per heavy atom. The molecule has 7 nitrogen and oxygen atoms in total. The van der Waals surface area contributed by atoms with Crippen LogP contribution < -0.4 is 16.4 Å². The number of aldehydes is 1. The third kappa shape index (κ3) is 6.73. The fourth-order valence-corrected chi connectivity index (χ4v) is 2.91. The topological polar surface area (TPSA) is 105 Å². The van der Waals surface area contributed by atoms with Gasteiger partial charge in [-0.05, 0) is 68.5 Å². The van der Waals surface area contributed by atoms with Crippen LogP contribution in [-0.2, 0) is 0 Å². The second-order valence-corrected chi connectivity index (χ2v) is 6.67. The molecule has 0 atom stereocenters. The van der Waals surface area contributed by atoms with E-state index in [1.54, 1.807) is 30.3 Å². The van der Waals surface area contributed by atoms with Crippen LogP contribution in [0.4, 0.5) is 11.4 Å². The van der Waals surface area contributed by atoms with E-state index in [-0.39, 0.29) is 11.8 Å². The lowest BCUT2D eigenvalue weighted by molar-refractivity contribution is 0.0950. The predicted octanol–water partition coefficient (Wildman–Crippen LogP) is 2.80. The molecule has 0 radical (unpaired) electrons. The van der Waals surface area contributed by atoms with Crippen molar-refractivity contribution in [1.29, 1.82) is 0 Å². The fraction of sp³-hybridized carbons (Fsp3) is 0.318. The highest BCUT2D eigenvalue weighted by Gasteiger charge is 2.12. The van der Waals surface area contributed by atoms with Gasteiger partial charge in [0.1, 0.15) is 6.29 Å². The number of nitrogens with zero attached hydrogens (tertiary/aromatic N) is 1. The van der Waals surface area contributed by atoms with Crippen molar-refractivity contribution in [2.45, 2.75) is 20.3 Å². The molecule has 0 bridgehead atoms. The number of nitrogen functional groups attached to an aromatic ring is 1. The van der Waals surface area contributed by atoms with Crippen LogP contribution in [0.3, 0.4) is 0 Å². The average molecular weight is 396 g/mol. The fourth-order valence-electron chi connectivity index (χ4n) is 2.91. The molecule has 2 amide bonds. The highest BCUT2D eigenvalue weighted by atomic mass is 16.2.